The van der Waals surface area contributed by atoms with Gasteiger partial charge in [-0.05, 0) is 32.1 Å². The molecule has 0 radical (unpaired) electrons. The molecule has 3 heteroatoms. The lowest BCUT2D eigenvalue weighted by atomic mass is 10.1. The Morgan fingerprint density at radius 3 is 1.96 bits per heavy atom. The predicted octanol–water partition coefficient (Wildman–Crippen LogP) is 7.66. The van der Waals surface area contributed by atoms with Crippen LogP contribution in [0.1, 0.15) is 103 Å². The number of carboxylic acid groups (broad SMARTS) is 1. The monoisotopic (exact) mass is 370 g/mol. The molecule has 146 valence electrons. The Hall–Kier alpha value is -0.760. The summed E-state index contributed by atoms with van der Waals surface area (Å²) in [6, 6.07) is 0. The summed E-state index contributed by atoms with van der Waals surface area (Å²) in [5.41, 5.74) is 0. The molecule has 0 rings (SSSR count). The lowest BCUT2D eigenvalue weighted by Crippen LogP contribution is -1.93. The van der Waals surface area contributed by atoms with Gasteiger partial charge in [0.1, 0.15) is 0 Å². The number of hydrogen-bond acceptors (Lipinski definition) is 1. The fraction of sp³-hybridized carbons (Fsp3) is 0.773. The zero-order valence-electron chi connectivity index (χ0n) is 16.2. The maximum absolute atomic E-state index is 10.3. The summed E-state index contributed by atoms with van der Waals surface area (Å²) in [4.78, 5) is 10.3. The molecule has 0 bridgehead atoms. The van der Waals surface area contributed by atoms with Crippen LogP contribution in [-0.4, -0.2) is 16.5 Å². The number of carbonyl (C=O) groups is 1. The van der Waals surface area contributed by atoms with Crippen molar-refractivity contribution in [1.82, 2.24) is 0 Å². The largest absolute Gasteiger partial charge is 0.478 e. The number of halogens is 1. The van der Waals surface area contributed by atoms with Gasteiger partial charge in [-0.2, -0.15) is 0 Å². The molecule has 0 aromatic carbocycles. The molecule has 0 fully saturated rings. The highest BCUT2D eigenvalue weighted by atomic mass is 35.5. The summed E-state index contributed by atoms with van der Waals surface area (Å²) in [5, 5.41) is 8.67. The third-order valence-corrected chi connectivity index (χ3v) is 4.79. The Morgan fingerprint density at radius 2 is 1.36 bits per heavy atom. The maximum atomic E-state index is 10.3. The van der Waals surface area contributed by atoms with Gasteiger partial charge in [-0.3, -0.25) is 0 Å². The average Bonchev–Trinajstić information content (AvgIpc) is 2.58. The van der Waals surface area contributed by atoms with Crippen molar-refractivity contribution < 1.29 is 9.90 Å². The normalized spacial score (nSPS) is 13.0. The molecule has 1 atom stereocenters. The second-order valence-electron chi connectivity index (χ2n) is 6.94. The van der Waals surface area contributed by atoms with Gasteiger partial charge in [0.2, 0.25) is 0 Å². The Kier molecular flexibility index (Phi) is 19.0. The van der Waals surface area contributed by atoms with Crippen LogP contribution in [0, 0.1) is 0 Å². The number of rotatable bonds is 18. The lowest BCUT2D eigenvalue weighted by molar-refractivity contribution is -0.131. The topological polar surface area (TPSA) is 37.3 Å². The fourth-order valence-corrected chi connectivity index (χ4v) is 3.13. The van der Waals surface area contributed by atoms with Crippen molar-refractivity contribution in [3.63, 3.8) is 0 Å². The van der Waals surface area contributed by atoms with Crippen molar-refractivity contribution in [2.24, 2.45) is 0 Å². The van der Waals surface area contributed by atoms with Gasteiger partial charge in [-0.25, -0.2) is 4.79 Å². The minimum absolute atomic E-state index is 0.196. The molecule has 0 spiro atoms. The smallest absolute Gasteiger partial charge is 0.327 e. The minimum Gasteiger partial charge on any atom is -0.478 e. The molecule has 0 aliphatic heterocycles. The van der Waals surface area contributed by atoms with Gasteiger partial charge >= 0.3 is 5.97 Å². The van der Waals surface area contributed by atoms with Gasteiger partial charge in [0.05, 0.1) is 5.38 Å². The van der Waals surface area contributed by atoms with E-state index in [2.05, 4.69) is 19.1 Å². The summed E-state index contributed by atoms with van der Waals surface area (Å²) < 4.78 is 0. The van der Waals surface area contributed by atoms with Crippen LogP contribution in [0.2, 0.25) is 0 Å². The molecule has 0 saturated carbocycles. The maximum Gasteiger partial charge on any atom is 0.327 e. The van der Waals surface area contributed by atoms with E-state index in [9.17, 15) is 4.79 Å². The Bertz CT molecular complexity index is 350. The molecule has 2 nitrogen and oxygen atoms in total. The molecule has 1 N–H and O–H groups in total. The third kappa shape index (κ3) is 21.2. The molecule has 0 aliphatic rings. The molecule has 25 heavy (non-hydrogen) atoms. The van der Waals surface area contributed by atoms with Gasteiger partial charge < -0.3 is 5.11 Å². The second kappa shape index (κ2) is 19.6. The highest BCUT2D eigenvalue weighted by molar-refractivity contribution is 6.21. The lowest BCUT2D eigenvalue weighted by Gasteiger charge is -2.04. The fourth-order valence-electron chi connectivity index (χ4n) is 2.88. The van der Waals surface area contributed by atoms with Crippen molar-refractivity contribution >= 4 is 17.6 Å². The van der Waals surface area contributed by atoms with Gasteiger partial charge in [0, 0.05) is 6.08 Å². The number of alkyl halides is 1. The summed E-state index contributed by atoms with van der Waals surface area (Å²) >= 11 is 6.34. The highest BCUT2D eigenvalue weighted by Crippen LogP contribution is 2.14. The molecule has 0 aromatic rings. The Morgan fingerprint density at radius 1 is 0.840 bits per heavy atom. The summed E-state index contributed by atoms with van der Waals surface area (Å²) in [6.07, 6.45) is 25.9. The summed E-state index contributed by atoms with van der Waals surface area (Å²) in [7, 11) is 0. The van der Waals surface area contributed by atoms with Gasteiger partial charge in [0.15, 0.2) is 0 Å². The van der Waals surface area contributed by atoms with Crippen molar-refractivity contribution in [2.75, 3.05) is 0 Å². The molecule has 0 heterocycles. The van der Waals surface area contributed by atoms with E-state index >= 15 is 0 Å². The van der Waals surface area contributed by atoms with E-state index in [1.165, 1.54) is 83.1 Å². The van der Waals surface area contributed by atoms with Crippen LogP contribution in [0.25, 0.3) is 0 Å². The molecule has 0 aliphatic carbocycles. The predicted molar refractivity (Wildman–Crippen MR) is 110 cm³/mol. The number of unbranched alkanes of at least 4 members (excludes halogenated alkanes) is 12. The van der Waals surface area contributed by atoms with Crippen LogP contribution in [0.3, 0.4) is 0 Å². The first-order chi connectivity index (χ1) is 12.2. The van der Waals surface area contributed by atoms with Gasteiger partial charge in [0.25, 0.3) is 0 Å². The highest BCUT2D eigenvalue weighted by Gasteiger charge is 1.99. The van der Waals surface area contributed by atoms with Crippen LogP contribution in [0.4, 0.5) is 0 Å². The number of hydrogen-bond donors (Lipinski definition) is 1. The first-order valence-corrected chi connectivity index (χ1v) is 10.8. The van der Waals surface area contributed by atoms with E-state index in [4.69, 9.17) is 16.7 Å². The molecular formula is C22H39ClO2. The molecule has 1 unspecified atom stereocenters. The van der Waals surface area contributed by atoms with Crippen molar-refractivity contribution in [3.05, 3.63) is 24.3 Å². The van der Waals surface area contributed by atoms with Crippen LogP contribution >= 0.6 is 11.6 Å². The Labute approximate surface area is 160 Å². The van der Waals surface area contributed by atoms with Crippen molar-refractivity contribution in [2.45, 2.75) is 109 Å². The van der Waals surface area contributed by atoms with Crippen LogP contribution in [0.5, 0.6) is 0 Å². The third-order valence-electron chi connectivity index (χ3n) is 4.43. The van der Waals surface area contributed by atoms with Crippen molar-refractivity contribution in [3.8, 4) is 0 Å². The second-order valence-corrected chi connectivity index (χ2v) is 7.50. The minimum atomic E-state index is -0.850. The van der Waals surface area contributed by atoms with E-state index in [0.717, 1.165) is 19.3 Å². The van der Waals surface area contributed by atoms with Crippen molar-refractivity contribution in [1.29, 1.82) is 0 Å². The summed E-state index contributed by atoms with van der Waals surface area (Å²) in [5.74, 6) is -0.850. The van der Waals surface area contributed by atoms with Crippen LogP contribution < -0.4 is 0 Å². The average molecular weight is 371 g/mol. The van der Waals surface area contributed by atoms with Crippen LogP contribution in [-0.2, 0) is 4.79 Å². The van der Waals surface area contributed by atoms with Gasteiger partial charge in [-0.1, -0.05) is 89.4 Å². The molecule has 0 saturated heterocycles. The van der Waals surface area contributed by atoms with Crippen LogP contribution in [0.15, 0.2) is 24.3 Å². The SMILES string of the molecule is CCCCCCCCC=CC(Cl)CCCCCCCC/C=C/C(=O)O. The summed E-state index contributed by atoms with van der Waals surface area (Å²) in [6.45, 7) is 2.26. The first-order valence-electron chi connectivity index (χ1n) is 10.4. The zero-order valence-corrected chi connectivity index (χ0v) is 17.0. The number of aliphatic carboxylic acids is 1. The first kappa shape index (κ1) is 24.2. The Balaban J connectivity index is 3.30. The van der Waals surface area contributed by atoms with E-state index < -0.39 is 5.97 Å². The number of allylic oxidation sites excluding steroid dienone is 3. The molecule has 0 aromatic heterocycles. The van der Waals surface area contributed by atoms with E-state index in [-0.39, 0.29) is 5.38 Å². The van der Waals surface area contributed by atoms with E-state index in [0.29, 0.717) is 0 Å². The quantitative estimate of drug-likeness (QED) is 0.116. The molecular weight excluding hydrogens is 332 g/mol. The van der Waals surface area contributed by atoms with Gasteiger partial charge in [-0.15, -0.1) is 11.6 Å². The zero-order chi connectivity index (χ0) is 18.6. The number of carboxylic acids is 1. The van der Waals surface area contributed by atoms with E-state index in [1.807, 2.05) is 0 Å². The van der Waals surface area contributed by atoms with E-state index in [1.54, 1.807) is 6.08 Å². The standard InChI is InChI=1S/C22H39ClO2/c1-2-3-4-5-6-9-12-15-18-21(23)19-16-13-10-7-8-11-14-17-20-22(24)25/h15,17-18,20-21H,2-14,16,19H2,1H3,(H,24,25)/b18-15?,20-17+. The molecule has 0 amide bonds.